The van der Waals surface area contributed by atoms with E-state index < -0.39 is 0 Å². The second-order valence-electron chi connectivity index (χ2n) is 8.23. The number of piperazine rings is 1. The monoisotopic (exact) mass is 458 g/mol. The van der Waals surface area contributed by atoms with Crippen molar-refractivity contribution in [2.75, 3.05) is 37.6 Å². The summed E-state index contributed by atoms with van der Waals surface area (Å²) < 4.78 is 0. The molecule has 0 radical (unpaired) electrons. The van der Waals surface area contributed by atoms with E-state index in [1.54, 1.807) is 0 Å². The van der Waals surface area contributed by atoms with Crippen molar-refractivity contribution in [3.05, 3.63) is 68.1 Å². The molecule has 1 aliphatic heterocycles. The van der Waals surface area contributed by atoms with Gasteiger partial charge in [0.25, 0.3) is 5.56 Å². The summed E-state index contributed by atoms with van der Waals surface area (Å²) in [5.74, 6) is 0. The van der Waals surface area contributed by atoms with Crippen LogP contribution >= 0.6 is 23.2 Å². The van der Waals surface area contributed by atoms with Crippen molar-refractivity contribution < 1.29 is 0 Å². The molecule has 1 N–H and O–H groups in total. The number of H-pyrrole nitrogens is 1. The van der Waals surface area contributed by atoms with E-state index in [0.29, 0.717) is 15.7 Å². The van der Waals surface area contributed by atoms with Gasteiger partial charge >= 0.3 is 0 Å². The molecule has 1 aromatic carbocycles. The van der Waals surface area contributed by atoms with Crippen molar-refractivity contribution in [2.24, 2.45) is 0 Å². The summed E-state index contributed by atoms with van der Waals surface area (Å²) >= 11 is 12.5. The molecule has 164 valence electrons. The number of aromatic amines is 1. The van der Waals surface area contributed by atoms with E-state index in [4.69, 9.17) is 23.2 Å². The van der Waals surface area contributed by atoms with Gasteiger partial charge in [-0.1, -0.05) is 35.7 Å². The first-order valence-corrected chi connectivity index (χ1v) is 11.7. The van der Waals surface area contributed by atoms with Crippen LogP contribution in [0, 0.1) is 6.92 Å². The third-order valence-corrected chi connectivity index (χ3v) is 6.81. The van der Waals surface area contributed by atoms with E-state index >= 15 is 0 Å². The van der Waals surface area contributed by atoms with Crippen molar-refractivity contribution in [3.63, 3.8) is 0 Å². The van der Waals surface area contributed by atoms with Crippen LogP contribution in [0.15, 0.2) is 41.2 Å². The summed E-state index contributed by atoms with van der Waals surface area (Å²) in [6.45, 7) is 6.97. The highest BCUT2D eigenvalue weighted by Gasteiger charge is 2.19. The minimum Gasteiger partial charge on any atom is -0.368 e. The number of rotatable bonds is 7. The molecule has 1 aliphatic rings. The molecule has 2 aromatic heterocycles. The SMILES string of the molecule is Cc1cc2ccc(CCCCCN3CCN(c4cccc(Cl)c4Cl)CC3)nc2[nH]c1=O. The number of benzene rings is 1. The normalized spacial score (nSPS) is 15.0. The van der Waals surface area contributed by atoms with Gasteiger partial charge in [-0.15, -0.1) is 0 Å². The Hall–Kier alpha value is -2.08. The summed E-state index contributed by atoms with van der Waals surface area (Å²) in [7, 11) is 0. The average molecular weight is 459 g/mol. The molecule has 31 heavy (non-hydrogen) atoms. The Morgan fingerprint density at radius 3 is 2.65 bits per heavy atom. The number of halogens is 2. The molecule has 0 bridgehead atoms. The predicted octanol–water partition coefficient (Wildman–Crippen LogP) is 5.07. The molecule has 0 atom stereocenters. The Kier molecular flexibility index (Phi) is 7.16. The van der Waals surface area contributed by atoms with Crippen molar-refractivity contribution in [1.29, 1.82) is 0 Å². The van der Waals surface area contributed by atoms with Crippen molar-refractivity contribution in [3.8, 4) is 0 Å². The summed E-state index contributed by atoms with van der Waals surface area (Å²) in [4.78, 5) is 24.2. The fraction of sp³-hybridized carbons (Fsp3) is 0.417. The van der Waals surface area contributed by atoms with Crippen molar-refractivity contribution in [1.82, 2.24) is 14.9 Å². The molecule has 0 amide bonds. The molecule has 0 spiro atoms. The number of nitrogens with one attached hydrogen (secondary N) is 1. The first-order valence-electron chi connectivity index (χ1n) is 10.9. The van der Waals surface area contributed by atoms with Gasteiger partial charge in [0.05, 0.1) is 15.7 Å². The van der Waals surface area contributed by atoms with Crippen LogP contribution in [0.4, 0.5) is 5.69 Å². The molecule has 0 saturated carbocycles. The summed E-state index contributed by atoms with van der Waals surface area (Å²) in [6.07, 6.45) is 4.39. The van der Waals surface area contributed by atoms with Crippen molar-refractivity contribution >= 4 is 39.9 Å². The summed E-state index contributed by atoms with van der Waals surface area (Å²) in [5, 5.41) is 2.25. The number of nitrogens with zero attached hydrogens (tertiary/aromatic N) is 3. The topological polar surface area (TPSA) is 52.2 Å². The Bertz CT molecular complexity index is 1110. The van der Waals surface area contributed by atoms with Gasteiger partial charge in [-0.25, -0.2) is 4.98 Å². The number of aryl methyl sites for hydroxylation is 2. The van der Waals surface area contributed by atoms with E-state index in [9.17, 15) is 4.79 Å². The maximum atomic E-state index is 11.8. The van der Waals surface area contributed by atoms with Crippen LogP contribution < -0.4 is 10.5 Å². The largest absolute Gasteiger partial charge is 0.368 e. The number of anilines is 1. The second kappa shape index (κ2) is 10.0. The number of unbranched alkanes of at least 4 members (excludes halogenated alkanes) is 2. The van der Waals surface area contributed by atoms with Gasteiger partial charge in [0, 0.05) is 42.8 Å². The molecule has 0 unspecified atom stereocenters. The predicted molar refractivity (Wildman–Crippen MR) is 130 cm³/mol. The average Bonchev–Trinajstić information content (AvgIpc) is 2.77. The molecule has 7 heteroatoms. The van der Waals surface area contributed by atoms with Gasteiger partial charge < -0.3 is 9.88 Å². The molecule has 1 fully saturated rings. The van der Waals surface area contributed by atoms with Crippen LogP contribution in [-0.4, -0.2) is 47.6 Å². The van der Waals surface area contributed by atoms with Crippen LogP contribution in [0.25, 0.3) is 11.0 Å². The maximum absolute atomic E-state index is 11.8. The van der Waals surface area contributed by atoms with Gasteiger partial charge in [0.1, 0.15) is 5.65 Å². The molecule has 3 heterocycles. The van der Waals surface area contributed by atoms with Crippen LogP contribution in [0.2, 0.25) is 10.0 Å². The Labute approximate surface area is 193 Å². The van der Waals surface area contributed by atoms with E-state index in [2.05, 4.69) is 25.8 Å². The standard InChI is InChI=1S/C24H28Cl2N4O/c1-17-16-18-9-10-19(27-23(18)28-24(17)31)6-3-2-4-11-29-12-14-30(15-13-29)21-8-5-7-20(25)22(21)26/h5,7-10,16H,2-4,6,11-15H2,1H3,(H,27,28,31). The summed E-state index contributed by atoms with van der Waals surface area (Å²) in [5.41, 5.74) is 3.42. The minimum atomic E-state index is -0.0603. The zero-order valence-electron chi connectivity index (χ0n) is 17.8. The number of pyridine rings is 2. The quantitative estimate of drug-likeness (QED) is 0.501. The highest BCUT2D eigenvalue weighted by atomic mass is 35.5. The van der Waals surface area contributed by atoms with E-state index in [1.807, 2.05) is 37.3 Å². The van der Waals surface area contributed by atoms with Gasteiger partial charge in [-0.3, -0.25) is 9.69 Å². The molecular weight excluding hydrogens is 431 g/mol. The Balaban J connectivity index is 1.19. The van der Waals surface area contributed by atoms with Crippen LogP contribution in [0.5, 0.6) is 0 Å². The van der Waals surface area contributed by atoms with Crippen LogP contribution in [0.1, 0.15) is 30.5 Å². The highest BCUT2D eigenvalue weighted by molar-refractivity contribution is 6.43. The smallest absolute Gasteiger partial charge is 0.252 e. The lowest BCUT2D eigenvalue weighted by Crippen LogP contribution is -2.46. The van der Waals surface area contributed by atoms with Gasteiger partial charge in [0.15, 0.2) is 0 Å². The third kappa shape index (κ3) is 5.40. The minimum absolute atomic E-state index is 0.0603. The lowest BCUT2D eigenvalue weighted by atomic mass is 10.1. The molecule has 3 aromatic rings. The molecule has 5 nitrogen and oxygen atoms in total. The zero-order valence-corrected chi connectivity index (χ0v) is 19.3. The number of fused-ring (bicyclic) bond motifs is 1. The second-order valence-corrected chi connectivity index (χ2v) is 9.02. The third-order valence-electron chi connectivity index (χ3n) is 6.00. The molecule has 4 rings (SSSR count). The first kappa shape index (κ1) is 22.1. The molecule has 1 saturated heterocycles. The number of hydrogen-bond donors (Lipinski definition) is 1. The first-order chi connectivity index (χ1) is 15.0. The fourth-order valence-electron chi connectivity index (χ4n) is 4.14. The highest BCUT2D eigenvalue weighted by Crippen LogP contribution is 2.32. The van der Waals surface area contributed by atoms with E-state index in [1.165, 1.54) is 12.8 Å². The number of hydrogen-bond acceptors (Lipinski definition) is 4. The molecule has 0 aliphatic carbocycles. The fourth-order valence-corrected chi connectivity index (χ4v) is 4.55. The van der Waals surface area contributed by atoms with Gasteiger partial charge in [-0.05, 0) is 63.1 Å². The Morgan fingerprint density at radius 2 is 1.84 bits per heavy atom. The lowest BCUT2D eigenvalue weighted by molar-refractivity contribution is 0.252. The summed E-state index contributed by atoms with van der Waals surface area (Å²) in [6, 6.07) is 11.8. The maximum Gasteiger partial charge on any atom is 0.252 e. The lowest BCUT2D eigenvalue weighted by Gasteiger charge is -2.36. The number of aromatic nitrogens is 2. The van der Waals surface area contributed by atoms with Crippen molar-refractivity contribution in [2.45, 2.75) is 32.6 Å². The van der Waals surface area contributed by atoms with Crippen LogP contribution in [-0.2, 0) is 6.42 Å². The van der Waals surface area contributed by atoms with Gasteiger partial charge in [0.2, 0.25) is 0 Å². The van der Waals surface area contributed by atoms with Gasteiger partial charge in [-0.2, -0.15) is 0 Å². The molecular formula is C24H28Cl2N4O. The zero-order chi connectivity index (χ0) is 21.8. The Morgan fingerprint density at radius 1 is 1.03 bits per heavy atom. The van der Waals surface area contributed by atoms with E-state index in [0.717, 1.165) is 67.9 Å². The van der Waals surface area contributed by atoms with Crippen LogP contribution in [0.3, 0.4) is 0 Å². The van der Waals surface area contributed by atoms with E-state index in [-0.39, 0.29) is 5.56 Å².